The van der Waals surface area contributed by atoms with Gasteiger partial charge in [0.05, 0.1) is 33.2 Å². The van der Waals surface area contributed by atoms with Crippen LogP contribution in [0.5, 0.6) is 17.2 Å². The second kappa shape index (κ2) is 16.7. The van der Waals surface area contributed by atoms with Crippen LogP contribution in [0.25, 0.3) is 6.08 Å². The van der Waals surface area contributed by atoms with Gasteiger partial charge < -0.3 is 19.1 Å². The predicted molar refractivity (Wildman–Crippen MR) is 142 cm³/mol. The number of benzene rings is 1. The Bertz CT molecular complexity index is 844. The van der Waals surface area contributed by atoms with Gasteiger partial charge in [0.1, 0.15) is 0 Å². The number of ether oxygens (including phenoxy) is 3. The Morgan fingerprint density at radius 1 is 1.03 bits per heavy atom. The summed E-state index contributed by atoms with van der Waals surface area (Å²) in [6.45, 7) is 9.58. The minimum absolute atomic E-state index is 0.595. The van der Waals surface area contributed by atoms with Crippen molar-refractivity contribution in [2.75, 3.05) is 41.7 Å². The van der Waals surface area contributed by atoms with Crippen LogP contribution in [0, 0.1) is 0 Å². The fraction of sp³-hybridized carbons (Fsp3) is 0.360. The standard InChI is InChI=1S/C14H19NO3S.C11H18N2/c1-10(9-15-19-5)6-11-7-12(16-2)14(18-4)13(8-11)17-3;1-6-8-11(13(4)5)9-12-10(3)7-2/h6-9H,1-5H3;6-9H,1H2,2-5H3/b10-6+,15-9-;10-7-,11-8-,12-9-. The molecule has 6 nitrogen and oxygen atoms in total. The molecular weight excluding hydrogens is 422 g/mol. The van der Waals surface area contributed by atoms with E-state index in [0.29, 0.717) is 17.2 Å². The van der Waals surface area contributed by atoms with E-state index >= 15 is 0 Å². The quantitative estimate of drug-likeness (QED) is 0.241. The van der Waals surface area contributed by atoms with Crippen LogP contribution >= 0.6 is 11.9 Å². The molecule has 0 aromatic heterocycles. The molecule has 0 spiro atoms. The summed E-state index contributed by atoms with van der Waals surface area (Å²) in [7, 11) is 8.75. The number of aliphatic imine (C=N–C) groups is 1. The fourth-order valence-corrected chi connectivity index (χ4v) is 2.56. The van der Waals surface area contributed by atoms with Crippen molar-refractivity contribution in [3.05, 3.63) is 59.5 Å². The molecule has 176 valence electrons. The van der Waals surface area contributed by atoms with Gasteiger partial charge >= 0.3 is 0 Å². The van der Waals surface area contributed by atoms with E-state index in [1.54, 1.807) is 27.4 Å². The first kappa shape index (κ1) is 29.1. The maximum absolute atomic E-state index is 5.31. The number of hydrogen-bond acceptors (Lipinski definition) is 7. The van der Waals surface area contributed by atoms with Gasteiger partial charge in [0, 0.05) is 32.3 Å². The van der Waals surface area contributed by atoms with Gasteiger partial charge in [-0.2, -0.15) is 0 Å². The first-order valence-corrected chi connectivity index (χ1v) is 11.2. The normalized spacial score (nSPS) is 12.5. The van der Waals surface area contributed by atoms with Crippen molar-refractivity contribution in [1.82, 2.24) is 4.90 Å². The average molecular weight is 460 g/mol. The summed E-state index contributed by atoms with van der Waals surface area (Å²) in [5, 5.41) is 0. The van der Waals surface area contributed by atoms with Gasteiger partial charge in [0.25, 0.3) is 0 Å². The van der Waals surface area contributed by atoms with Crippen molar-refractivity contribution >= 4 is 30.5 Å². The summed E-state index contributed by atoms with van der Waals surface area (Å²) >= 11 is 1.42. The maximum atomic E-state index is 5.31. The lowest BCUT2D eigenvalue weighted by atomic mass is 10.1. The van der Waals surface area contributed by atoms with Crippen LogP contribution in [-0.4, -0.2) is 59.0 Å². The van der Waals surface area contributed by atoms with Crippen LogP contribution in [0.1, 0.15) is 26.3 Å². The molecule has 0 atom stereocenters. The van der Waals surface area contributed by atoms with E-state index in [0.717, 1.165) is 22.5 Å². The minimum Gasteiger partial charge on any atom is -0.493 e. The second-order valence-corrected chi connectivity index (χ2v) is 7.25. The molecule has 0 aliphatic carbocycles. The Morgan fingerprint density at radius 3 is 2.03 bits per heavy atom. The molecule has 1 rings (SSSR count). The Kier molecular flexibility index (Phi) is 15.2. The molecule has 0 bridgehead atoms. The third-order valence-electron chi connectivity index (χ3n) is 4.07. The number of hydrogen-bond donors (Lipinski definition) is 0. The Labute approximate surface area is 198 Å². The van der Waals surface area contributed by atoms with Gasteiger partial charge in [-0.25, -0.2) is 4.40 Å². The molecule has 0 amide bonds. The lowest BCUT2D eigenvalue weighted by molar-refractivity contribution is 0.324. The molecule has 0 fully saturated rings. The highest BCUT2D eigenvalue weighted by Gasteiger charge is 2.12. The summed E-state index contributed by atoms with van der Waals surface area (Å²) in [6.07, 6.45) is 13.2. The van der Waals surface area contributed by atoms with E-state index in [1.165, 1.54) is 11.9 Å². The van der Waals surface area contributed by atoms with Gasteiger partial charge in [-0.1, -0.05) is 24.8 Å². The zero-order valence-corrected chi connectivity index (χ0v) is 21.6. The molecule has 7 heteroatoms. The van der Waals surface area contributed by atoms with Gasteiger partial charge in [0.15, 0.2) is 11.5 Å². The average Bonchev–Trinajstić information content (AvgIpc) is 2.79. The maximum Gasteiger partial charge on any atom is 0.203 e. The summed E-state index contributed by atoms with van der Waals surface area (Å²) in [5.41, 5.74) is 4.07. The van der Waals surface area contributed by atoms with Crippen molar-refractivity contribution in [2.45, 2.75) is 20.8 Å². The van der Waals surface area contributed by atoms with Crippen molar-refractivity contribution in [3.8, 4) is 17.2 Å². The molecule has 0 N–H and O–H groups in total. The van der Waals surface area contributed by atoms with E-state index in [4.69, 9.17) is 14.2 Å². The Morgan fingerprint density at radius 2 is 1.62 bits per heavy atom. The Balaban J connectivity index is 0.000000649. The SMILES string of the molecule is C=C/C=C(/C=N\C(C)=C/C)N(C)C.COc1cc(/C=C(C)/C=N\SC)cc(OC)c1OC. The smallest absolute Gasteiger partial charge is 0.203 e. The fourth-order valence-electron chi connectivity index (χ4n) is 2.29. The second-order valence-electron chi connectivity index (χ2n) is 6.67. The molecule has 0 radical (unpaired) electrons. The number of rotatable bonds is 10. The van der Waals surface area contributed by atoms with Crippen LogP contribution in [-0.2, 0) is 0 Å². The monoisotopic (exact) mass is 459 g/mol. The van der Waals surface area contributed by atoms with E-state index in [9.17, 15) is 0 Å². The molecule has 0 aliphatic heterocycles. The number of allylic oxidation sites excluding steroid dienone is 6. The van der Waals surface area contributed by atoms with Crippen LogP contribution < -0.4 is 14.2 Å². The highest BCUT2D eigenvalue weighted by Crippen LogP contribution is 2.38. The molecule has 0 unspecified atom stereocenters. The lowest BCUT2D eigenvalue weighted by Crippen LogP contribution is -2.11. The van der Waals surface area contributed by atoms with E-state index in [1.807, 2.05) is 88.8 Å². The number of nitrogens with zero attached hydrogens (tertiary/aromatic N) is 3. The molecule has 0 saturated carbocycles. The first-order valence-electron chi connectivity index (χ1n) is 9.99. The molecular formula is C25H37N3O3S. The lowest BCUT2D eigenvalue weighted by Gasteiger charge is -2.13. The predicted octanol–water partition coefficient (Wildman–Crippen LogP) is 6.08. The summed E-state index contributed by atoms with van der Waals surface area (Å²) in [4.78, 5) is 6.26. The van der Waals surface area contributed by atoms with Crippen LogP contribution in [0.15, 0.2) is 63.3 Å². The van der Waals surface area contributed by atoms with Crippen LogP contribution in [0.2, 0.25) is 0 Å². The van der Waals surface area contributed by atoms with Crippen molar-refractivity contribution in [2.24, 2.45) is 9.39 Å². The van der Waals surface area contributed by atoms with Crippen LogP contribution in [0.4, 0.5) is 0 Å². The van der Waals surface area contributed by atoms with Crippen molar-refractivity contribution < 1.29 is 14.2 Å². The van der Waals surface area contributed by atoms with E-state index < -0.39 is 0 Å². The minimum atomic E-state index is 0.595. The summed E-state index contributed by atoms with van der Waals surface area (Å²) in [6, 6.07) is 3.80. The van der Waals surface area contributed by atoms with E-state index in [2.05, 4.69) is 16.0 Å². The molecule has 32 heavy (non-hydrogen) atoms. The zero-order valence-electron chi connectivity index (χ0n) is 20.8. The molecule has 0 heterocycles. The molecule has 1 aromatic carbocycles. The molecule has 0 saturated heterocycles. The third-order valence-corrected chi connectivity index (χ3v) is 4.38. The van der Waals surface area contributed by atoms with Gasteiger partial charge in [-0.15, -0.1) is 0 Å². The topological polar surface area (TPSA) is 55.7 Å². The summed E-state index contributed by atoms with van der Waals surface area (Å²) < 4.78 is 20.0. The highest BCUT2D eigenvalue weighted by atomic mass is 32.2. The molecule has 0 aliphatic rings. The highest BCUT2D eigenvalue weighted by molar-refractivity contribution is 7.97. The third kappa shape index (κ3) is 10.9. The van der Waals surface area contributed by atoms with Gasteiger partial charge in [-0.05, 0) is 62.1 Å². The molecule has 1 aromatic rings. The largest absolute Gasteiger partial charge is 0.493 e. The van der Waals surface area contributed by atoms with Gasteiger partial charge in [-0.3, -0.25) is 4.99 Å². The summed E-state index contributed by atoms with van der Waals surface area (Å²) in [5.74, 6) is 1.88. The van der Waals surface area contributed by atoms with Crippen molar-refractivity contribution in [3.63, 3.8) is 0 Å². The Hall–Kier alpha value is -2.93. The number of methoxy groups -OCH3 is 3. The van der Waals surface area contributed by atoms with E-state index in [-0.39, 0.29) is 0 Å². The van der Waals surface area contributed by atoms with Crippen molar-refractivity contribution in [1.29, 1.82) is 0 Å². The van der Waals surface area contributed by atoms with Gasteiger partial charge in [0.2, 0.25) is 5.75 Å². The zero-order chi connectivity index (χ0) is 24.5. The first-order chi connectivity index (χ1) is 15.3. The van der Waals surface area contributed by atoms with Crippen LogP contribution in [0.3, 0.4) is 0 Å².